The number of esters is 1. The molecular formula is C12H17NO2. The number of ether oxygens (including phenoxy) is 1. The van der Waals surface area contributed by atoms with E-state index in [-0.39, 0.29) is 12.0 Å². The normalized spacial score (nSPS) is 11.9. The molecule has 1 atom stereocenters. The monoisotopic (exact) mass is 207 g/mol. The summed E-state index contributed by atoms with van der Waals surface area (Å²) in [6.07, 6.45) is 0. The van der Waals surface area contributed by atoms with Gasteiger partial charge in [0, 0.05) is 5.69 Å². The Morgan fingerprint density at radius 1 is 1.53 bits per heavy atom. The number of rotatable bonds is 4. The Morgan fingerprint density at radius 3 is 2.87 bits per heavy atom. The number of hydrogen-bond acceptors (Lipinski definition) is 3. The number of aryl methyl sites for hydroxylation is 1. The van der Waals surface area contributed by atoms with Crippen LogP contribution in [0.1, 0.15) is 19.4 Å². The molecule has 1 N–H and O–H groups in total. The predicted molar refractivity (Wildman–Crippen MR) is 60.9 cm³/mol. The van der Waals surface area contributed by atoms with Crippen molar-refractivity contribution in [2.75, 3.05) is 11.9 Å². The van der Waals surface area contributed by atoms with Gasteiger partial charge in [-0.05, 0) is 38.5 Å². The number of nitrogens with one attached hydrogen (secondary N) is 1. The molecule has 1 aromatic carbocycles. The molecule has 1 aromatic rings. The van der Waals surface area contributed by atoms with Gasteiger partial charge in [0.1, 0.15) is 6.04 Å². The number of hydrogen-bond donors (Lipinski definition) is 1. The Bertz CT molecular complexity index is 336. The van der Waals surface area contributed by atoms with E-state index in [9.17, 15) is 4.79 Å². The maximum atomic E-state index is 11.3. The van der Waals surface area contributed by atoms with Crippen LogP contribution in [0.2, 0.25) is 0 Å². The van der Waals surface area contributed by atoms with Gasteiger partial charge in [0.05, 0.1) is 6.61 Å². The average molecular weight is 207 g/mol. The van der Waals surface area contributed by atoms with E-state index in [1.54, 1.807) is 13.8 Å². The summed E-state index contributed by atoms with van der Waals surface area (Å²) in [5.41, 5.74) is 2.10. The van der Waals surface area contributed by atoms with Crippen LogP contribution >= 0.6 is 0 Å². The molecule has 15 heavy (non-hydrogen) atoms. The largest absolute Gasteiger partial charge is 0.464 e. The third-order valence-corrected chi connectivity index (χ3v) is 2.04. The summed E-state index contributed by atoms with van der Waals surface area (Å²) in [5.74, 6) is -0.223. The van der Waals surface area contributed by atoms with Crippen molar-refractivity contribution in [1.82, 2.24) is 0 Å². The Balaban J connectivity index is 2.58. The van der Waals surface area contributed by atoms with Crippen LogP contribution in [-0.4, -0.2) is 18.6 Å². The highest BCUT2D eigenvalue weighted by molar-refractivity contribution is 5.78. The summed E-state index contributed by atoms with van der Waals surface area (Å²) < 4.78 is 4.90. The highest BCUT2D eigenvalue weighted by atomic mass is 16.5. The lowest BCUT2D eigenvalue weighted by atomic mass is 10.2. The third-order valence-electron chi connectivity index (χ3n) is 2.04. The highest BCUT2D eigenvalue weighted by Crippen LogP contribution is 2.11. The molecule has 0 aliphatic carbocycles. The number of carbonyl (C=O) groups is 1. The standard InChI is InChI=1S/C12H17NO2/c1-4-15-12(14)10(3)13-11-7-5-6-9(2)8-11/h5-8,10,13H,4H2,1-3H3/t10-/m0/s1. The van der Waals surface area contributed by atoms with Crippen LogP contribution in [-0.2, 0) is 9.53 Å². The van der Waals surface area contributed by atoms with E-state index in [0.29, 0.717) is 6.61 Å². The fraction of sp³-hybridized carbons (Fsp3) is 0.417. The minimum absolute atomic E-state index is 0.223. The maximum absolute atomic E-state index is 11.3. The van der Waals surface area contributed by atoms with Gasteiger partial charge in [0.15, 0.2) is 0 Å². The summed E-state index contributed by atoms with van der Waals surface area (Å²) in [5, 5.41) is 3.09. The van der Waals surface area contributed by atoms with Gasteiger partial charge < -0.3 is 10.1 Å². The predicted octanol–water partition coefficient (Wildman–Crippen LogP) is 2.36. The van der Waals surface area contributed by atoms with Crippen molar-refractivity contribution in [3.8, 4) is 0 Å². The fourth-order valence-corrected chi connectivity index (χ4v) is 1.31. The van der Waals surface area contributed by atoms with Gasteiger partial charge in [-0.2, -0.15) is 0 Å². The molecule has 0 radical (unpaired) electrons. The first-order valence-electron chi connectivity index (χ1n) is 5.13. The Labute approximate surface area is 90.4 Å². The molecule has 0 saturated carbocycles. The van der Waals surface area contributed by atoms with Gasteiger partial charge in [-0.15, -0.1) is 0 Å². The summed E-state index contributed by atoms with van der Waals surface area (Å²) >= 11 is 0. The van der Waals surface area contributed by atoms with E-state index in [2.05, 4.69) is 5.32 Å². The van der Waals surface area contributed by atoms with Gasteiger partial charge in [-0.3, -0.25) is 0 Å². The van der Waals surface area contributed by atoms with Crippen LogP contribution in [0, 0.1) is 6.92 Å². The number of anilines is 1. The fourth-order valence-electron chi connectivity index (χ4n) is 1.31. The van der Waals surface area contributed by atoms with E-state index in [1.165, 1.54) is 0 Å². The van der Waals surface area contributed by atoms with Crippen LogP contribution in [0.4, 0.5) is 5.69 Å². The molecule has 0 bridgehead atoms. The molecule has 0 heterocycles. The van der Waals surface area contributed by atoms with E-state index < -0.39 is 0 Å². The smallest absolute Gasteiger partial charge is 0.328 e. The quantitative estimate of drug-likeness (QED) is 0.770. The van der Waals surface area contributed by atoms with Crippen LogP contribution in [0.5, 0.6) is 0 Å². The molecule has 0 saturated heterocycles. The zero-order valence-corrected chi connectivity index (χ0v) is 9.41. The van der Waals surface area contributed by atoms with Gasteiger partial charge in [-0.25, -0.2) is 4.79 Å². The van der Waals surface area contributed by atoms with Crippen molar-refractivity contribution in [3.05, 3.63) is 29.8 Å². The van der Waals surface area contributed by atoms with E-state index in [4.69, 9.17) is 4.74 Å². The first kappa shape index (κ1) is 11.6. The molecule has 0 spiro atoms. The molecule has 0 aliphatic rings. The maximum Gasteiger partial charge on any atom is 0.328 e. The number of carbonyl (C=O) groups excluding carboxylic acids is 1. The highest BCUT2D eigenvalue weighted by Gasteiger charge is 2.12. The van der Waals surface area contributed by atoms with Crippen LogP contribution in [0.15, 0.2) is 24.3 Å². The Hall–Kier alpha value is -1.51. The summed E-state index contributed by atoms with van der Waals surface area (Å²) in [7, 11) is 0. The average Bonchev–Trinajstić information content (AvgIpc) is 2.18. The lowest BCUT2D eigenvalue weighted by Gasteiger charge is -2.13. The second-order valence-corrected chi connectivity index (χ2v) is 3.49. The van der Waals surface area contributed by atoms with Crippen LogP contribution in [0.3, 0.4) is 0 Å². The van der Waals surface area contributed by atoms with E-state index in [0.717, 1.165) is 11.3 Å². The second-order valence-electron chi connectivity index (χ2n) is 3.49. The van der Waals surface area contributed by atoms with Gasteiger partial charge >= 0.3 is 5.97 Å². The first-order valence-corrected chi connectivity index (χ1v) is 5.13. The van der Waals surface area contributed by atoms with E-state index >= 15 is 0 Å². The van der Waals surface area contributed by atoms with Crippen LogP contribution < -0.4 is 5.32 Å². The molecule has 0 aliphatic heterocycles. The lowest BCUT2D eigenvalue weighted by Crippen LogP contribution is -2.28. The molecule has 0 amide bonds. The summed E-state index contributed by atoms with van der Waals surface area (Å²) in [4.78, 5) is 11.3. The molecule has 3 heteroatoms. The second kappa shape index (κ2) is 5.39. The third kappa shape index (κ3) is 3.62. The SMILES string of the molecule is CCOC(=O)[C@H](C)Nc1cccc(C)c1. The topological polar surface area (TPSA) is 38.3 Å². The first-order chi connectivity index (χ1) is 7.13. The van der Waals surface area contributed by atoms with Gasteiger partial charge in [0.2, 0.25) is 0 Å². The molecule has 0 aromatic heterocycles. The van der Waals surface area contributed by atoms with Crippen molar-refractivity contribution in [1.29, 1.82) is 0 Å². The zero-order valence-electron chi connectivity index (χ0n) is 9.41. The Morgan fingerprint density at radius 2 is 2.27 bits per heavy atom. The van der Waals surface area contributed by atoms with Crippen molar-refractivity contribution in [2.45, 2.75) is 26.8 Å². The minimum Gasteiger partial charge on any atom is -0.464 e. The molecule has 82 valence electrons. The molecule has 0 fully saturated rings. The van der Waals surface area contributed by atoms with Crippen LogP contribution in [0.25, 0.3) is 0 Å². The zero-order chi connectivity index (χ0) is 11.3. The van der Waals surface area contributed by atoms with Crippen molar-refractivity contribution >= 4 is 11.7 Å². The molecule has 3 nitrogen and oxygen atoms in total. The summed E-state index contributed by atoms with van der Waals surface area (Å²) in [6.45, 7) is 6.02. The number of benzene rings is 1. The molecule has 1 rings (SSSR count). The van der Waals surface area contributed by atoms with Gasteiger partial charge in [0.25, 0.3) is 0 Å². The van der Waals surface area contributed by atoms with Gasteiger partial charge in [-0.1, -0.05) is 12.1 Å². The molecular weight excluding hydrogens is 190 g/mol. The van der Waals surface area contributed by atoms with Crippen molar-refractivity contribution in [3.63, 3.8) is 0 Å². The van der Waals surface area contributed by atoms with E-state index in [1.807, 2.05) is 31.2 Å². The summed E-state index contributed by atoms with van der Waals surface area (Å²) in [6, 6.07) is 7.58. The minimum atomic E-state index is -0.313. The van der Waals surface area contributed by atoms with Crippen molar-refractivity contribution in [2.24, 2.45) is 0 Å². The molecule has 0 unspecified atom stereocenters. The lowest BCUT2D eigenvalue weighted by molar-refractivity contribution is -0.143. The van der Waals surface area contributed by atoms with Crippen molar-refractivity contribution < 1.29 is 9.53 Å². The Kier molecular flexibility index (Phi) is 4.16.